The summed E-state index contributed by atoms with van der Waals surface area (Å²) < 4.78 is 5.15. The van der Waals surface area contributed by atoms with E-state index < -0.39 is 11.9 Å². The Morgan fingerprint density at radius 2 is 1.96 bits per heavy atom. The second-order valence-electron chi connectivity index (χ2n) is 6.95. The van der Waals surface area contributed by atoms with Gasteiger partial charge in [0.15, 0.2) is 0 Å². The first-order valence-corrected chi connectivity index (χ1v) is 9.26. The zero-order valence-corrected chi connectivity index (χ0v) is 16.2. The van der Waals surface area contributed by atoms with Crippen LogP contribution >= 0.6 is 0 Å². The number of rotatable bonds is 7. The van der Waals surface area contributed by atoms with Crippen molar-refractivity contribution in [3.63, 3.8) is 0 Å². The standard InChI is InChI=1S/C20H28N2O5/c1-4-17(14-7-9-16(27-3)10-8-14)19(24)21(2)13-18(23)22-11-5-6-15(12-22)20(25)26/h7-10,15,17H,4-6,11-13H2,1-3H3,(H,25,26). The predicted octanol–water partition coefficient (Wildman–Crippen LogP) is 1.97. The minimum Gasteiger partial charge on any atom is -0.497 e. The van der Waals surface area contributed by atoms with Gasteiger partial charge < -0.3 is 19.6 Å². The number of nitrogens with zero attached hydrogens (tertiary/aromatic N) is 2. The second kappa shape index (κ2) is 9.39. The molecule has 0 aromatic heterocycles. The van der Waals surface area contributed by atoms with Gasteiger partial charge in [-0.3, -0.25) is 14.4 Å². The summed E-state index contributed by atoms with van der Waals surface area (Å²) >= 11 is 0. The molecule has 148 valence electrons. The lowest BCUT2D eigenvalue weighted by Gasteiger charge is -2.32. The van der Waals surface area contributed by atoms with Gasteiger partial charge in [-0.05, 0) is 37.0 Å². The Kier molecular flexibility index (Phi) is 7.21. The van der Waals surface area contributed by atoms with Gasteiger partial charge in [0.25, 0.3) is 0 Å². The number of aliphatic carboxylic acids is 1. The molecule has 2 amide bonds. The maximum atomic E-state index is 12.8. The molecule has 7 heteroatoms. The molecule has 1 aromatic carbocycles. The maximum Gasteiger partial charge on any atom is 0.308 e. The highest BCUT2D eigenvalue weighted by molar-refractivity contribution is 5.88. The fraction of sp³-hybridized carbons (Fsp3) is 0.550. The molecule has 1 aliphatic rings. The number of carbonyl (C=O) groups is 3. The van der Waals surface area contributed by atoms with E-state index in [9.17, 15) is 14.4 Å². The van der Waals surface area contributed by atoms with Crippen molar-refractivity contribution in [3.8, 4) is 5.75 Å². The van der Waals surface area contributed by atoms with E-state index in [0.717, 1.165) is 11.3 Å². The predicted molar refractivity (Wildman–Crippen MR) is 101 cm³/mol. The number of amides is 2. The van der Waals surface area contributed by atoms with Gasteiger partial charge in [0.2, 0.25) is 11.8 Å². The minimum atomic E-state index is -0.873. The monoisotopic (exact) mass is 376 g/mol. The number of ether oxygens (including phenoxy) is 1. The van der Waals surface area contributed by atoms with Crippen molar-refractivity contribution < 1.29 is 24.2 Å². The van der Waals surface area contributed by atoms with Crippen LogP contribution in [0.15, 0.2) is 24.3 Å². The van der Waals surface area contributed by atoms with E-state index in [2.05, 4.69) is 0 Å². The van der Waals surface area contributed by atoms with Gasteiger partial charge in [-0.25, -0.2) is 0 Å². The van der Waals surface area contributed by atoms with Crippen molar-refractivity contribution in [2.24, 2.45) is 5.92 Å². The Labute approximate surface area is 159 Å². The van der Waals surface area contributed by atoms with Crippen molar-refractivity contribution in [1.29, 1.82) is 0 Å². The van der Waals surface area contributed by atoms with E-state index in [-0.39, 0.29) is 30.8 Å². The molecule has 2 rings (SSSR count). The number of carboxylic acid groups (broad SMARTS) is 1. The van der Waals surface area contributed by atoms with Gasteiger partial charge in [0.1, 0.15) is 5.75 Å². The molecule has 0 radical (unpaired) electrons. The molecular weight excluding hydrogens is 348 g/mol. The first kappa shape index (κ1) is 20.7. The number of hydrogen-bond donors (Lipinski definition) is 1. The van der Waals surface area contributed by atoms with Crippen LogP contribution in [0.4, 0.5) is 0 Å². The van der Waals surface area contributed by atoms with Gasteiger partial charge in [0.05, 0.1) is 25.5 Å². The second-order valence-corrected chi connectivity index (χ2v) is 6.95. The summed E-state index contributed by atoms with van der Waals surface area (Å²) in [6.07, 6.45) is 1.88. The fourth-order valence-corrected chi connectivity index (χ4v) is 3.44. The zero-order valence-electron chi connectivity index (χ0n) is 16.2. The van der Waals surface area contributed by atoms with Crippen LogP contribution in [-0.2, 0) is 14.4 Å². The molecule has 2 unspecified atom stereocenters. The fourth-order valence-electron chi connectivity index (χ4n) is 3.44. The summed E-state index contributed by atoms with van der Waals surface area (Å²) in [4.78, 5) is 39.5. The number of carbonyl (C=O) groups excluding carboxylic acids is 2. The molecule has 0 saturated carbocycles. The van der Waals surface area contributed by atoms with E-state index >= 15 is 0 Å². The molecule has 1 aromatic rings. The number of likely N-dealkylation sites (N-methyl/N-ethyl adjacent to an activating group) is 1. The number of piperidine rings is 1. The molecule has 0 aliphatic carbocycles. The number of benzene rings is 1. The van der Waals surface area contributed by atoms with Gasteiger partial charge in [0, 0.05) is 20.1 Å². The van der Waals surface area contributed by atoms with Crippen LogP contribution < -0.4 is 4.74 Å². The van der Waals surface area contributed by atoms with Gasteiger partial charge >= 0.3 is 5.97 Å². The molecule has 7 nitrogen and oxygen atoms in total. The molecule has 1 heterocycles. The Balaban J connectivity index is 2.00. The number of likely N-dealkylation sites (tertiary alicyclic amines) is 1. The highest BCUT2D eigenvalue weighted by Crippen LogP contribution is 2.24. The molecule has 2 atom stereocenters. The Morgan fingerprint density at radius 1 is 1.30 bits per heavy atom. The summed E-state index contributed by atoms with van der Waals surface area (Å²) in [5.41, 5.74) is 0.881. The first-order chi connectivity index (χ1) is 12.9. The number of carboxylic acids is 1. The largest absolute Gasteiger partial charge is 0.497 e. The third kappa shape index (κ3) is 5.21. The highest BCUT2D eigenvalue weighted by Gasteiger charge is 2.30. The molecule has 1 N–H and O–H groups in total. The van der Waals surface area contributed by atoms with Gasteiger partial charge in [-0.1, -0.05) is 19.1 Å². The van der Waals surface area contributed by atoms with Crippen molar-refractivity contribution >= 4 is 17.8 Å². The normalized spacial score (nSPS) is 17.9. The van der Waals surface area contributed by atoms with Crippen LogP contribution in [0.1, 0.15) is 37.7 Å². The lowest BCUT2D eigenvalue weighted by atomic mass is 9.95. The van der Waals surface area contributed by atoms with Crippen LogP contribution in [-0.4, -0.2) is 66.5 Å². The van der Waals surface area contributed by atoms with Crippen molar-refractivity contribution in [2.45, 2.75) is 32.1 Å². The number of methoxy groups -OCH3 is 1. The van der Waals surface area contributed by atoms with E-state index in [0.29, 0.717) is 25.8 Å². The zero-order chi connectivity index (χ0) is 20.0. The topological polar surface area (TPSA) is 87.2 Å². The third-order valence-electron chi connectivity index (χ3n) is 5.10. The summed E-state index contributed by atoms with van der Waals surface area (Å²) in [5.74, 6) is -1.33. The molecule has 0 bridgehead atoms. The lowest BCUT2D eigenvalue weighted by Crippen LogP contribution is -2.47. The molecule has 27 heavy (non-hydrogen) atoms. The number of hydrogen-bond acceptors (Lipinski definition) is 4. The van der Waals surface area contributed by atoms with Crippen molar-refractivity contribution in [1.82, 2.24) is 9.80 Å². The summed E-state index contributed by atoms with van der Waals surface area (Å²) in [6, 6.07) is 7.36. The van der Waals surface area contributed by atoms with Crippen LogP contribution in [0, 0.1) is 5.92 Å². The minimum absolute atomic E-state index is 0.0438. The Hall–Kier alpha value is -2.57. The summed E-state index contributed by atoms with van der Waals surface area (Å²) in [5, 5.41) is 9.16. The van der Waals surface area contributed by atoms with Crippen LogP contribution in [0.3, 0.4) is 0 Å². The molecular formula is C20H28N2O5. The van der Waals surface area contributed by atoms with E-state index in [1.54, 1.807) is 19.1 Å². The smallest absolute Gasteiger partial charge is 0.308 e. The lowest BCUT2D eigenvalue weighted by molar-refractivity contribution is -0.147. The maximum absolute atomic E-state index is 12.8. The molecule has 1 aliphatic heterocycles. The van der Waals surface area contributed by atoms with Crippen molar-refractivity contribution in [2.75, 3.05) is 33.8 Å². The third-order valence-corrected chi connectivity index (χ3v) is 5.10. The first-order valence-electron chi connectivity index (χ1n) is 9.26. The Bertz CT molecular complexity index is 673. The Morgan fingerprint density at radius 3 is 2.52 bits per heavy atom. The van der Waals surface area contributed by atoms with Gasteiger partial charge in [-0.15, -0.1) is 0 Å². The van der Waals surface area contributed by atoms with Crippen LogP contribution in [0.25, 0.3) is 0 Å². The quantitative estimate of drug-likeness (QED) is 0.786. The summed E-state index contributed by atoms with van der Waals surface area (Å²) in [6.45, 7) is 2.65. The average molecular weight is 376 g/mol. The van der Waals surface area contributed by atoms with Gasteiger partial charge in [-0.2, -0.15) is 0 Å². The molecule has 0 spiro atoms. The molecule has 1 fully saturated rings. The highest BCUT2D eigenvalue weighted by atomic mass is 16.5. The average Bonchev–Trinajstić information content (AvgIpc) is 2.68. The summed E-state index contributed by atoms with van der Waals surface area (Å²) in [7, 11) is 3.21. The van der Waals surface area contributed by atoms with E-state index in [1.165, 1.54) is 4.90 Å². The van der Waals surface area contributed by atoms with E-state index in [1.807, 2.05) is 31.2 Å². The van der Waals surface area contributed by atoms with Crippen LogP contribution in [0.2, 0.25) is 0 Å². The van der Waals surface area contributed by atoms with E-state index in [4.69, 9.17) is 9.84 Å². The molecule has 1 saturated heterocycles. The van der Waals surface area contributed by atoms with Crippen molar-refractivity contribution in [3.05, 3.63) is 29.8 Å². The SMILES string of the molecule is CCC(C(=O)N(C)CC(=O)N1CCCC(C(=O)O)C1)c1ccc(OC)cc1. The van der Waals surface area contributed by atoms with Crippen LogP contribution in [0.5, 0.6) is 5.75 Å².